The molecule has 0 saturated heterocycles. The van der Waals surface area contributed by atoms with Gasteiger partial charge in [0.15, 0.2) is 0 Å². The van der Waals surface area contributed by atoms with Crippen molar-refractivity contribution in [3.05, 3.63) is 95.1 Å². The number of nitrogens with one attached hydrogen (secondary N) is 2. The molecule has 160 valence electrons. The van der Waals surface area contributed by atoms with Crippen LogP contribution in [0.5, 0.6) is 5.75 Å². The van der Waals surface area contributed by atoms with E-state index in [1.165, 1.54) is 19.1 Å². The second kappa shape index (κ2) is 10.3. The smallest absolute Gasteiger partial charge is 0.387 e. The van der Waals surface area contributed by atoms with Crippen LogP contribution in [0.1, 0.15) is 34.0 Å². The minimum Gasteiger partial charge on any atom is -0.435 e. The largest absolute Gasteiger partial charge is 0.435 e. The van der Waals surface area contributed by atoms with Crippen LogP contribution in [0, 0.1) is 0 Å². The normalized spacial score (nSPS) is 10.6. The third-order valence-electron chi connectivity index (χ3n) is 4.53. The van der Waals surface area contributed by atoms with Crippen LogP contribution in [0.3, 0.4) is 0 Å². The van der Waals surface area contributed by atoms with Crippen molar-refractivity contribution in [2.45, 2.75) is 26.5 Å². The Labute approximate surface area is 179 Å². The molecule has 0 aromatic heterocycles. The van der Waals surface area contributed by atoms with Gasteiger partial charge in [-0.1, -0.05) is 42.5 Å². The highest BCUT2D eigenvalue weighted by molar-refractivity contribution is 6.04. The molecule has 0 unspecified atom stereocenters. The Bertz CT molecular complexity index is 1040. The SMILES string of the molecule is CC(=O)NCc1ccc(C(=O)Nc2ccc(OC(F)F)c(Cc3ccccc3)c2)cc1. The minimum atomic E-state index is -2.94. The van der Waals surface area contributed by atoms with E-state index in [1.807, 2.05) is 30.3 Å². The molecule has 0 fully saturated rings. The molecule has 31 heavy (non-hydrogen) atoms. The first kappa shape index (κ1) is 22.0. The second-order valence-corrected chi connectivity index (χ2v) is 6.92. The Morgan fingerprint density at radius 1 is 0.935 bits per heavy atom. The van der Waals surface area contributed by atoms with E-state index in [4.69, 9.17) is 0 Å². The third-order valence-corrected chi connectivity index (χ3v) is 4.53. The number of benzene rings is 3. The van der Waals surface area contributed by atoms with Crippen LogP contribution in [0.25, 0.3) is 0 Å². The zero-order valence-corrected chi connectivity index (χ0v) is 16.9. The molecule has 0 radical (unpaired) electrons. The molecular formula is C24H22F2N2O3. The van der Waals surface area contributed by atoms with E-state index in [1.54, 1.807) is 30.3 Å². The van der Waals surface area contributed by atoms with E-state index in [2.05, 4.69) is 15.4 Å². The summed E-state index contributed by atoms with van der Waals surface area (Å²) in [5.41, 5.74) is 3.24. The molecule has 0 saturated carbocycles. The number of halogens is 2. The van der Waals surface area contributed by atoms with Gasteiger partial charge in [-0.05, 0) is 41.5 Å². The van der Waals surface area contributed by atoms with Crippen molar-refractivity contribution in [1.29, 1.82) is 0 Å². The summed E-state index contributed by atoms with van der Waals surface area (Å²) < 4.78 is 30.2. The van der Waals surface area contributed by atoms with Crippen LogP contribution in [0.2, 0.25) is 0 Å². The molecule has 3 aromatic carbocycles. The lowest BCUT2D eigenvalue weighted by atomic mass is 10.0. The first-order chi connectivity index (χ1) is 14.9. The highest BCUT2D eigenvalue weighted by atomic mass is 19.3. The number of rotatable bonds is 8. The van der Waals surface area contributed by atoms with Crippen molar-refractivity contribution >= 4 is 17.5 Å². The van der Waals surface area contributed by atoms with Crippen LogP contribution in [-0.4, -0.2) is 18.4 Å². The lowest BCUT2D eigenvalue weighted by Crippen LogP contribution is -2.19. The van der Waals surface area contributed by atoms with Crippen molar-refractivity contribution in [2.75, 3.05) is 5.32 Å². The molecular weight excluding hydrogens is 402 g/mol. The molecule has 2 amide bonds. The molecule has 0 aliphatic heterocycles. The van der Waals surface area contributed by atoms with Gasteiger partial charge in [0.2, 0.25) is 5.91 Å². The summed E-state index contributed by atoms with van der Waals surface area (Å²) >= 11 is 0. The molecule has 2 N–H and O–H groups in total. The Morgan fingerprint density at radius 3 is 2.29 bits per heavy atom. The van der Waals surface area contributed by atoms with E-state index < -0.39 is 6.61 Å². The molecule has 7 heteroatoms. The summed E-state index contributed by atoms with van der Waals surface area (Å²) in [4.78, 5) is 23.6. The lowest BCUT2D eigenvalue weighted by Gasteiger charge is -2.14. The van der Waals surface area contributed by atoms with Gasteiger partial charge in [-0.25, -0.2) is 0 Å². The Kier molecular flexibility index (Phi) is 7.32. The predicted molar refractivity (Wildman–Crippen MR) is 114 cm³/mol. The number of anilines is 1. The van der Waals surface area contributed by atoms with Gasteiger partial charge >= 0.3 is 6.61 Å². The average Bonchev–Trinajstić information content (AvgIpc) is 2.75. The first-order valence-corrected chi connectivity index (χ1v) is 9.67. The van der Waals surface area contributed by atoms with Gasteiger partial charge in [-0.3, -0.25) is 9.59 Å². The monoisotopic (exact) mass is 424 g/mol. The number of ether oxygens (including phenoxy) is 1. The summed E-state index contributed by atoms with van der Waals surface area (Å²) in [5, 5.41) is 5.47. The molecule has 0 heterocycles. The fourth-order valence-electron chi connectivity index (χ4n) is 3.03. The maximum atomic E-state index is 12.8. The molecule has 3 aromatic rings. The third kappa shape index (κ3) is 6.64. The lowest BCUT2D eigenvalue weighted by molar-refractivity contribution is -0.119. The van der Waals surface area contributed by atoms with E-state index in [0.717, 1.165) is 11.1 Å². The number of hydrogen-bond acceptors (Lipinski definition) is 3. The van der Waals surface area contributed by atoms with Crippen molar-refractivity contribution in [1.82, 2.24) is 5.32 Å². The van der Waals surface area contributed by atoms with Crippen LogP contribution < -0.4 is 15.4 Å². The molecule has 3 rings (SSSR count). The molecule has 5 nitrogen and oxygen atoms in total. The maximum absolute atomic E-state index is 12.8. The first-order valence-electron chi connectivity index (χ1n) is 9.67. The second-order valence-electron chi connectivity index (χ2n) is 6.92. The van der Waals surface area contributed by atoms with Gasteiger partial charge in [0.1, 0.15) is 5.75 Å². The summed E-state index contributed by atoms with van der Waals surface area (Å²) in [7, 11) is 0. The topological polar surface area (TPSA) is 67.4 Å². The van der Waals surface area contributed by atoms with E-state index in [0.29, 0.717) is 29.8 Å². The van der Waals surface area contributed by atoms with E-state index in [-0.39, 0.29) is 17.6 Å². The van der Waals surface area contributed by atoms with Crippen molar-refractivity contribution in [3.8, 4) is 5.75 Å². The Hall–Kier alpha value is -3.74. The Balaban J connectivity index is 1.75. The van der Waals surface area contributed by atoms with Gasteiger partial charge in [0.05, 0.1) is 0 Å². The fraction of sp³-hybridized carbons (Fsp3) is 0.167. The number of amides is 2. The molecule has 0 spiro atoms. The van der Waals surface area contributed by atoms with E-state index >= 15 is 0 Å². The van der Waals surface area contributed by atoms with Crippen molar-refractivity contribution in [3.63, 3.8) is 0 Å². The average molecular weight is 424 g/mol. The van der Waals surface area contributed by atoms with Crippen LogP contribution in [0.15, 0.2) is 72.8 Å². The van der Waals surface area contributed by atoms with Gasteiger partial charge in [-0.15, -0.1) is 0 Å². The standard InChI is InChI=1S/C24H22F2N2O3/c1-16(29)27-15-18-7-9-19(10-8-18)23(30)28-21-11-12-22(31-24(25)26)20(14-21)13-17-5-3-2-4-6-17/h2-12,14,24H,13,15H2,1H3,(H,27,29)(H,28,30). The van der Waals surface area contributed by atoms with Crippen LogP contribution >= 0.6 is 0 Å². The summed E-state index contributed by atoms with van der Waals surface area (Å²) in [6.45, 7) is -1.12. The zero-order valence-electron chi connectivity index (χ0n) is 16.9. The number of alkyl halides is 2. The van der Waals surface area contributed by atoms with Crippen molar-refractivity contribution in [2.24, 2.45) is 0 Å². The summed E-state index contributed by atoms with van der Waals surface area (Å²) in [6, 6.07) is 20.8. The number of hydrogen-bond donors (Lipinski definition) is 2. The van der Waals surface area contributed by atoms with E-state index in [9.17, 15) is 18.4 Å². The number of carbonyl (C=O) groups is 2. The van der Waals surface area contributed by atoms with Gasteiger partial charge in [0.25, 0.3) is 5.91 Å². The summed E-state index contributed by atoms with van der Waals surface area (Å²) in [6.07, 6.45) is 0.379. The number of carbonyl (C=O) groups excluding carboxylic acids is 2. The van der Waals surface area contributed by atoms with Crippen LogP contribution in [-0.2, 0) is 17.8 Å². The van der Waals surface area contributed by atoms with Gasteiger partial charge < -0.3 is 15.4 Å². The van der Waals surface area contributed by atoms with Gasteiger partial charge in [0, 0.05) is 36.7 Å². The minimum absolute atomic E-state index is 0.0687. The molecule has 0 atom stereocenters. The molecule has 0 aliphatic carbocycles. The highest BCUT2D eigenvalue weighted by Gasteiger charge is 2.13. The van der Waals surface area contributed by atoms with Crippen LogP contribution in [0.4, 0.5) is 14.5 Å². The summed E-state index contributed by atoms with van der Waals surface area (Å²) in [5.74, 6) is -0.397. The van der Waals surface area contributed by atoms with Gasteiger partial charge in [-0.2, -0.15) is 8.78 Å². The molecule has 0 bridgehead atoms. The molecule has 0 aliphatic rings. The Morgan fingerprint density at radius 2 is 1.65 bits per heavy atom. The zero-order chi connectivity index (χ0) is 22.2. The van der Waals surface area contributed by atoms with Crippen molar-refractivity contribution < 1.29 is 23.1 Å². The predicted octanol–water partition coefficient (Wildman–Crippen LogP) is 4.77. The fourth-order valence-corrected chi connectivity index (χ4v) is 3.03. The quantitative estimate of drug-likeness (QED) is 0.548. The highest BCUT2D eigenvalue weighted by Crippen LogP contribution is 2.27. The maximum Gasteiger partial charge on any atom is 0.387 e.